The van der Waals surface area contributed by atoms with Gasteiger partial charge in [-0.15, -0.1) is 13.2 Å². The van der Waals surface area contributed by atoms with Gasteiger partial charge in [0.05, 0.1) is 19.5 Å². The van der Waals surface area contributed by atoms with Crippen LogP contribution in [0.25, 0.3) is 10.9 Å². The summed E-state index contributed by atoms with van der Waals surface area (Å²) in [6.07, 6.45) is 12.1. The maximum absolute atomic E-state index is 13.8. The highest BCUT2D eigenvalue weighted by atomic mass is 16.2. The Balaban J connectivity index is 0.00000114. The van der Waals surface area contributed by atoms with Crippen molar-refractivity contribution in [2.75, 3.05) is 26.2 Å². The molecule has 12 N–H and O–H groups in total. The molecule has 1 aromatic heterocycles. The van der Waals surface area contributed by atoms with Crippen LogP contribution in [-0.2, 0) is 41.6 Å². The first-order valence-corrected chi connectivity index (χ1v) is 23.0. The Labute approximate surface area is 401 Å². The molecule has 0 aliphatic heterocycles. The van der Waals surface area contributed by atoms with Crippen molar-refractivity contribution in [2.24, 2.45) is 28.1 Å². The number of nitrogens with two attached hydrogens (primary N) is 3. The Morgan fingerprint density at radius 1 is 0.721 bits per heavy atom. The fourth-order valence-electron chi connectivity index (χ4n) is 7.06. The molecule has 0 spiro atoms. The molecule has 6 amide bonds. The Kier molecular flexibility index (Phi) is 27.5. The van der Waals surface area contributed by atoms with E-state index in [1.807, 2.05) is 79.9 Å². The highest BCUT2D eigenvalue weighted by Crippen LogP contribution is 2.23. The second kappa shape index (κ2) is 33.1. The van der Waals surface area contributed by atoms with E-state index < -0.39 is 48.8 Å². The predicted octanol–water partition coefficient (Wildman–Crippen LogP) is 4.70. The number of hydrogen-bond acceptors (Lipinski definition) is 7. The summed E-state index contributed by atoms with van der Waals surface area (Å²) in [6, 6.07) is 24.9. The smallest absolute Gasteiger partial charge is 0.243 e. The van der Waals surface area contributed by atoms with Gasteiger partial charge in [-0.1, -0.05) is 104 Å². The minimum atomic E-state index is -1.10. The van der Waals surface area contributed by atoms with Crippen molar-refractivity contribution in [3.8, 4) is 0 Å². The van der Waals surface area contributed by atoms with E-state index >= 15 is 0 Å². The number of para-hydroxylation sites is 1. The highest BCUT2D eigenvalue weighted by Gasteiger charge is 2.27. The molecule has 3 atom stereocenters. The zero-order chi connectivity index (χ0) is 50.1. The van der Waals surface area contributed by atoms with Crippen LogP contribution in [0, 0.1) is 12.8 Å². The number of nitrogens with one attached hydrogen (secondary N) is 6. The molecular formula is C52H72N10O6. The molecule has 3 aromatic carbocycles. The van der Waals surface area contributed by atoms with E-state index in [2.05, 4.69) is 100.0 Å². The number of nitrogens with zero attached hydrogens (tertiary/aromatic N) is 1. The second-order valence-electron chi connectivity index (χ2n) is 15.8. The zero-order valence-electron chi connectivity index (χ0n) is 39.9. The normalized spacial score (nSPS) is 12.1. The number of aromatic amines is 1. The van der Waals surface area contributed by atoms with Crippen molar-refractivity contribution in [1.82, 2.24) is 31.6 Å². The number of carbonyl (C=O) groups is 6. The van der Waals surface area contributed by atoms with Crippen LogP contribution in [0.2, 0.25) is 0 Å². The molecule has 0 fully saturated rings. The van der Waals surface area contributed by atoms with E-state index in [9.17, 15) is 28.8 Å². The number of carbonyl (C=O) groups excluding carboxylic acids is 6. The quantitative estimate of drug-likeness (QED) is 0.0140. The van der Waals surface area contributed by atoms with Crippen LogP contribution in [0.5, 0.6) is 0 Å². The lowest BCUT2D eigenvalue weighted by Crippen LogP contribution is -2.55. The van der Waals surface area contributed by atoms with Crippen molar-refractivity contribution in [1.29, 1.82) is 0 Å². The number of H-pyrrole nitrogens is 1. The molecule has 366 valence electrons. The van der Waals surface area contributed by atoms with Gasteiger partial charge in [-0.3, -0.25) is 33.8 Å². The van der Waals surface area contributed by atoms with Crippen molar-refractivity contribution in [2.45, 2.75) is 90.6 Å². The van der Waals surface area contributed by atoms with Gasteiger partial charge in [0.1, 0.15) is 12.1 Å². The first-order chi connectivity index (χ1) is 32.8. The third kappa shape index (κ3) is 23.1. The number of fused-ring (bicyclic) bond motifs is 1. The molecule has 4 rings (SSSR count). The number of benzene rings is 3. The molecule has 0 aliphatic carbocycles. The second-order valence-corrected chi connectivity index (χ2v) is 15.8. The van der Waals surface area contributed by atoms with E-state index in [0.717, 1.165) is 23.1 Å². The topological polar surface area (TPSA) is 269 Å². The number of primary amides is 1. The fourth-order valence-corrected chi connectivity index (χ4v) is 7.06. The molecule has 68 heavy (non-hydrogen) atoms. The summed E-state index contributed by atoms with van der Waals surface area (Å²) in [5.41, 5.74) is 21.3. The average Bonchev–Trinajstić information content (AvgIpc) is 3.72. The van der Waals surface area contributed by atoms with E-state index in [1.165, 1.54) is 16.5 Å². The number of allylic oxidation sites excluding steroid dienone is 4. The van der Waals surface area contributed by atoms with Gasteiger partial charge < -0.3 is 48.8 Å². The first kappa shape index (κ1) is 56.6. The summed E-state index contributed by atoms with van der Waals surface area (Å²) in [7, 11) is 0. The number of aliphatic imine (C=N–C) groups is 1. The third-order valence-corrected chi connectivity index (χ3v) is 10.5. The number of aryl methyl sites for hydroxylation is 1. The van der Waals surface area contributed by atoms with Crippen LogP contribution < -0.4 is 43.8 Å². The van der Waals surface area contributed by atoms with Gasteiger partial charge >= 0.3 is 0 Å². The minimum Gasteiger partial charge on any atom is -0.370 e. The summed E-state index contributed by atoms with van der Waals surface area (Å²) in [5, 5.41) is 14.7. The summed E-state index contributed by atoms with van der Waals surface area (Å²) in [4.78, 5) is 83.2. The molecule has 16 heteroatoms. The number of aromatic nitrogens is 1. The van der Waals surface area contributed by atoms with Gasteiger partial charge in [-0.05, 0) is 86.6 Å². The van der Waals surface area contributed by atoms with Crippen LogP contribution in [0.3, 0.4) is 0 Å². The summed E-state index contributed by atoms with van der Waals surface area (Å²) in [5.74, 6) is -3.05. The zero-order valence-corrected chi connectivity index (χ0v) is 39.9. The molecule has 0 aliphatic rings. The number of guanidine groups is 1. The summed E-state index contributed by atoms with van der Waals surface area (Å²) >= 11 is 0. The number of amides is 6. The largest absolute Gasteiger partial charge is 0.370 e. The number of rotatable bonds is 26. The van der Waals surface area contributed by atoms with Crippen LogP contribution >= 0.6 is 0 Å². The SMILES string of the molecule is C/C=C(\C=C/CC)C(CCCC(=O)NC(Cc1ccccc1)C(=O)NC(CCCN=C(N)N)C(=O)NCC(=O)NCC(N)=O)CCNC(=O)Cc1ccccc1.C=C.Cc1c[nH]c2ccccc12. The monoisotopic (exact) mass is 933 g/mol. The predicted molar refractivity (Wildman–Crippen MR) is 272 cm³/mol. The van der Waals surface area contributed by atoms with Gasteiger partial charge in [0.15, 0.2) is 5.96 Å². The maximum Gasteiger partial charge on any atom is 0.243 e. The molecule has 1 heterocycles. The van der Waals surface area contributed by atoms with Crippen LogP contribution in [0.15, 0.2) is 133 Å². The van der Waals surface area contributed by atoms with Crippen LogP contribution in [0.1, 0.15) is 75.5 Å². The lowest BCUT2D eigenvalue weighted by molar-refractivity contribution is -0.133. The van der Waals surface area contributed by atoms with Crippen molar-refractivity contribution >= 4 is 52.3 Å². The van der Waals surface area contributed by atoms with Crippen molar-refractivity contribution in [3.05, 3.63) is 145 Å². The molecule has 0 bridgehead atoms. The highest BCUT2D eigenvalue weighted by molar-refractivity contribution is 5.94. The van der Waals surface area contributed by atoms with E-state index in [-0.39, 0.29) is 49.5 Å². The lowest BCUT2D eigenvalue weighted by Gasteiger charge is -2.24. The molecule has 4 aromatic rings. The average molecular weight is 933 g/mol. The van der Waals surface area contributed by atoms with Gasteiger partial charge in [0.2, 0.25) is 35.4 Å². The minimum absolute atomic E-state index is 0.0534. The first-order valence-electron chi connectivity index (χ1n) is 23.0. The molecule has 0 saturated heterocycles. The lowest BCUT2D eigenvalue weighted by atomic mass is 9.89. The van der Waals surface area contributed by atoms with Crippen molar-refractivity contribution in [3.63, 3.8) is 0 Å². The number of hydrogen-bond donors (Lipinski definition) is 9. The summed E-state index contributed by atoms with van der Waals surface area (Å²) < 4.78 is 0. The third-order valence-electron chi connectivity index (χ3n) is 10.5. The Morgan fingerprint density at radius 3 is 2.01 bits per heavy atom. The van der Waals surface area contributed by atoms with Gasteiger partial charge in [-0.2, -0.15) is 0 Å². The molecule has 0 saturated carbocycles. The van der Waals surface area contributed by atoms with Crippen molar-refractivity contribution < 1.29 is 28.8 Å². The Bertz CT molecular complexity index is 2250. The van der Waals surface area contributed by atoms with Gasteiger partial charge in [0, 0.05) is 43.0 Å². The van der Waals surface area contributed by atoms with Gasteiger partial charge in [0.25, 0.3) is 0 Å². The van der Waals surface area contributed by atoms with Crippen LogP contribution in [-0.4, -0.2) is 84.6 Å². The van der Waals surface area contributed by atoms with E-state index in [4.69, 9.17) is 17.2 Å². The van der Waals surface area contributed by atoms with E-state index in [0.29, 0.717) is 38.6 Å². The van der Waals surface area contributed by atoms with Gasteiger partial charge in [-0.25, -0.2) is 0 Å². The molecule has 0 radical (unpaired) electrons. The van der Waals surface area contributed by atoms with Crippen LogP contribution in [0.4, 0.5) is 0 Å². The summed E-state index contributed by atoms with van der Waals surface area (Å²) in [6.45, 7) is 12.0. The molecule has 3 unspecified atom stereocenters. The Hall–Kier alpha value is -7.49. The maximum atomic E-state index is 13.8. The fraction of sp³-hybridized carbons (Fsp3) is 0.365. The standard InChI is InChI=1S/C41H59N9O6.C9H9N.C2H4/c1-3-5-18-31(4-2)32(22-24-45-37(53)26-30-16-10-7-11-17-30)19-12-21-36(52)49-34(25-29-14-8-6-9-15-29)40(56)50-33(20-13-23-46-41(43)44)39(55)48-28-38(54)47-27-35(42)51;1-7-6-10-9-5-3-2-4-8(7)9;1-2/h4-11,14-18,32-34H,3,12-13,19-28H2,1-2H3,(H2,42,51)(H,45,53)(H,47,54)(H,48,55)(H,49,52)(H,50,56)(H4,43,44,46);2-6,10H,1H3;1-2H2/b18-5-,31-4+;;. The Morgan fingerprint density at radius 2 is 1.38 bits per heavy atom. The molecular weight excluding hydrogens is 861 g/mol. The van der Waals surface area contributed by atoms with E-state index in [1.54, 1.807) is 0 Å². The molecule has 16 nitrogen and oxygen atoms in total.